The minimum absolute atomic E-state index is 0. The van der Waals surface area contributed by atoms with Gasteiger partial charge in [-0.25, -0.2) is 9.59 Å². The van der Waals surface area contributed by atoms with Gasteiger partial charge < -0.3 is 43.9 Å². The van der Waals surface area contributed by atoms with Crippen molar-refractivity contribution in [2.75, 3.05) is 43.5 Å². The molecule has 1 unspecified atom stereocenters. The Hall–Kier alpha value is -4.73. The minimum Gasteiger partial charge on any atom is -0.490 e. The summed E-state index contributed by atoms with van der Waals surface area (Å²) in [6.07, 6.45) is 2.91. The quantitative estimate of drug-likeness (QED) is 0.193. The third-order valence-corrected chi connectivity index (χ3v) is 7.02. The fraction of sp³-hybridized carbons (Fsp3) is 0.412. The van der Waals surface area contributed by atoms with Crippen LogP contribution in [0.4, 0.5) is 16.8 Å². The number of amides is 2. The van der Waals surface area contributed by atoms with E-state index in [1.807, 2.05) is 62.1 Å². The molecule has 3 N–H and O–H groups in total. The van der Waals surface area contributed by atoms with Crippen LogP contribution in [0.3, 0.4) is 0 Å². The Kier molecular flexibility index (Phi) is 18.3. The van der Waals surface area contributed by atoms with E-state index in [9.17, 15) is 14.4 Å². The molecule has 0 saturated carbocycles. The van der Waals surface area contributed by atoms with E-state index in [0.29, 0.717) is 55.9 Å². The van der Waals surface area contributed by atoms with E-state index in [4.69, 9.17) is 28.8 Å². The first-order chi connectivity index (χ1) is 23.3. The molecule has 2 amide bonds. The number of carbonyl (C=O) groups excluding carboxylic acids is 3. The number of aromatic nitrogens is 3. The maximum atomic E-state index is 12.8. The van der Waals surface area contributed by atoms with E-state index in [1.165, 1.54) is 0 Å². The van der Waals surface area contributed by atoms with Crippen LogP contribution in [0.25, 0.3) is 0 Å². The Bertz CT molecular complexity index is 1700. The molecule has 0 bridgehead atoms. The van der Waals surface area contributed by atoms with E-state index in [0.717, 1.165) is 5.56 Å². The monoisotopic (exact) mass is 785 g/mol. The number of halogens is 3. The van der Waals surface area contributed by atoms with Crippen LogP contribution in [0.15, 0.2) is 63.7 Å². The second-order valence-electron chi connectivity index (χ2n) is 12.0. The van der Waals surface area contributed by atoms with Crippen molar-refractivity contribution in [3.8, 4) is 5.75 Å². The number of nitrogens with zero attached hydrogens (tertiary/aromatic N) is 5. The molecule has 3 aromatic heterocycles. The fourth-order valence-electron chi connectivity index (χ4n) is 4.74. The maximum Gasteiger partial charge on any atom is 0.410 e. The van der Waals surface area contributed by atoms with Gasteiger partial charge in [0.05, 0.1) is 30.2 Å². The number of rotatable bonds is 9. The van der Waals surface area contributed by atoms with Gasteiger partial charge in [0.1, 0.15) is 18.0 Å². The van der Waals surface area contributed by atoms with Crippen molar-refractivity contribution in [1.82, 2.24) is 25.2 Å². The first-order valence-electron chi connectivity index (χ1n) is 15.8. The lowest BCUT2D eigenvalue weighted by Crippen LogP contribution is -2.57. The first-order valence-corrected chi connectivity index (χ1v) is 15.8. The van der Waals surface area contributed by atoms with Gasteiger partial charge in [-0.05, 0) is 59.2 Å². The van der Waals surface area contributed by atoms with Gasteiger partial charge in [0.15, 0.2) is 0 Å². The van der Waals surface area contributed by atoms with Gasteiger partial charge in [-0.15, -0.1) is 37.2 Å². The predicted octanol–water partition coefficient (Wildman–Crippen LogP) is 5.82. The van der Waals surface area contributed by atoms with Crippen LogP contribution in [0.1, 0.15) is 65.8 Å². The van der Waals surface area contributed by atoms with Gasteiger partial charge in [-0.2, -0.15) is 9.97 Å². The molecule has 1 aromatic carbocycles. The summed E-state index contributed by atoms with van der Waals surface area (Å²) >= 11 is 0. The molecule has 52 heavy (non-hydrogen) atoms. The third-order valence-electron chi connectivity index (χ3n) is 7.02. The molecule has 15 nitrogen and oxygen atoms in total. The highest BCUT2D eigenvalue weighted by molar-refractivity contribution is 5.92. The highest BCUT2D eigenvalue weighted by atomic mass is 35.5. The lowest BCUT2D eigenvalue weighted by Gasteiger charge is -2.40. The number of nitrogen functional groups attached to an aromatic ring is 1. The Labute approximate surface area is 321 Å². The number of oxazole rings is 2. The highest BCUT2D eigenvalue weighted by Crippen LogP contribution is 2.25. The molecular weight excluding hydrogens is 741 g/mol. The van der Waals surface area contributed by atoms with E-state index in [1.54, 1.807) is 44.1 Å². The number of hydrogen-bond donors (Lipinski definition) is 2. The summed E-state index contributed by atoms with van der Waals surface area (Å²) in [6, 6.07) is 13.3. The summed E-state index contributed by atoms with van der Waals surface area (Å²) in [7, 11) is 0. The average molecular weight is 787 g/mol. The van der Waals surface area contributed by atoms with Crippen molar-refractivity contribution in [1.29, 1.82) is 0 Å². The van der Waals surface area contributed by atoms with Crippen LogP contribution in [0.5, 0.6) is 5.75 Å². The largest absolute Gasteiger partial charge is 0.490 e. The summed E-state index contributed by atoms with van der Waals surface area (Å²) in [5.74, 6) is -0.0157. The van der Waals surface area contributed by atoms with Crippen molar-refractivity contribution in [2.45, 2.75) is 59.7 Å². The summed E-state index contributed by atoms with van der Waals surface area (Å²) in [5, 5.41) is 2.88. The number of anilines is 2. The number of pyridine rings is 1. The summed E-state index contributed by atoms with van der Waals surface area (Å²) in [4.78, 5) is 52.6. The molecule has 0 aliphatic carbocycles. The average Bonchev–Trinajstić information content (AvgIpc) is 3.63. The number of carbonyl (C=O) groups is 3. The number of esters is 1. The number of nitrogens with one attached hydrogen (secondary N) is 1. The molecule has 18 heteroatoms. The standard InChI is InChI=1S/C27H33N5O5.C7H10N2O3.3ClH/c1-19-23(24(33)29-15-20-9-6-5-7-10-20)36-25(30-19)32-14-13-31(26(34)37-27(2,3)4)17-21(32)18-35-22-11-8-12-28-16-22;1-3-11-6(10)5-4(2)9-7(8)12-5;;;/h5-12,16,21H,13-15,17-18H2,1-4H3,(H,29,33);3H2,1-2H3,(H2,8,9);3*1H. The second kappa shape index (κ2) is 21.0. The van der Waals surface area contributed by atoms with Crippen LogP contribution in [-0.4, -0.2) is 82.3 Å². The van der Waals surface area contributed by atoms with Gasteiger partial charge in [-0.3, -0.25) is 9.78 Å². The predicted molar refractivity (Wildman–Crippen MR) is 201 cm³/mol. The Morgan fingerprint density at radius 1 is 0.962 bits per heavy atom. The topological polar surface area (TPSA) is 188 Å². The number of nitrogens with two attached hydrogens (primary N) is 1. The van der Waals surface area contributed by atoms with Crippen LogP contribution in [-0.2, 0) is 16.0 Å². The summed E-state index contributed by atoms with van der Waals surface area (Å²) in [6.45, 7) is 12.7. The molecule has 1 aliphatic heterocycles. The van der Waals surface area contributed by atoms with Gasteiger partial charge in [0, 0.05) is 32.4 Å². The van der Waals surface area contributed by atoms with Crippen LogP contribution in [0.2, 0.25) is 0 Å². The zero-order chi connectivity index (χ0) is 35.6. The lowest BCUT2D eigenvalue weighted by molar-refractivity contribution is 0.0197. The Morgan fingerprint density at radius 3 is 2.25 bits per heavy atom. The SMILES string of the molecule is CCOC(=O)c1oc(N)nc1C.Cc1nc(N2CCN(C(=O)OC(C)(C)C)CC2COc2cccnc2)oc1C(=O)NCc1ccccc1.Cl.Cl.Cl. The van der Waals surface area contributed by atoms with Gasteiger partial charge in [0.25, 0.3) is 17.9 Å². The van der Waals surface area contributed by atoms with E-state index in [2.05, 4.69) is 20.3 Å². The molecule has 286 valence electrons. The summed E-state index contributed by atoms with van der Waals surface area (Å²) in [5.41, 5.74) is 6.55. The molecule has 4 heterocycles. The Balaban J connectivity index is 0.000000771. The number of piperazine rings is 1. The van der Waals surface area contributed by atoms with Crippen molar-refractivity contribution in [3.05, 3.63) is 83.3 Å². The van der Waals surface area contributed by atoms with Crippen LogP contribution < -0.4 is 20.7 Å². The number of benzene rings is 1. The number of hydrogen-bond acceptors (Lipinski definition) is 13. The third kappa shape index (κ3) is 13.1. The second-order valence-corrected chi connectivity index (χ2v) is 12.0. The Morgan fingerprint density at radius 2 is 1.65 bits per heavy atom. The number of aryl methyl sites for hydroxylation is 2. The fourth-order valence-corrected chi connectivity index (χ4v) is 4.74. The zero-order valence-corrected chi connectivity index (χ0v) is 32.3. The normalized spacial score (nSPS) is 13.5. The van der Waals surface area contributed by atoms with Crippen LogP contribution >= 0.6 is 37.2 Å². The van der Waals surface area contributed by atoms with Gasteiger partial charge >= 0.3 is 12.1 Å². The molecule has 1 saturated heterocycles. The molecule has 1 atom stereocenters. The van der Waals surface area contributed by atoms with Crippen molar-refractivity contribution >= 4 is 67.2 Å². The summed E-state index contributed by atoms with van der Waals surface area (Å²) < 4.78 is 27.0. The van der Waals surface area contributed by atoms with E-state index in [-0.39, 0.29) is 79.4 Å². The molecule has 5 rings (SSSR count). The number of ether oxygens (including phenoxy) is 3. The van der Waals surface area contributed by atoms with E-state index < -0.39 is 11.6 Å². The van der Waals surface area contributed by atoms with Crippen LogP contribution in [0, 0.1) is 13.8 Å². The minimum atomic E-state index is -0.600. The maximum absolute atomic E-state index is 12.8. The zero-order valence-electron chi connectivity index (χ0n) is 29.8. The molecular formula is C34H46Cl3N7O8. The van der Waals surface area contributed by atoms with E-state index >= 15 is 0 Å². The molecule has 0 radical (unpaired) electrons. The van der Waals surface area contributed by atoms with Crippen molar-refractivity contribution in [3.63, 3.8) is 0 Å². The van der Waals surface area contributed by atoms with Gasteiger partial charge in [0.2, 0.25) is 11.5 Å². The lowest BCUT2D eigenvalue weighted by atomic mass is 10.2. The first kappa shape index (κ1) is 45.3. The molecule has 1 fully saturated rings. The molecule has 1 aliphatic rings. The molecule has 0 spiro atoms. The smallest absolute Gasteiger partial charge is 0.410 e. The molecule has 4 aromatic rings. The highest BCUT2D eigenvalue weighted by Gasteiger charge is 2.35. The van der Waals surface area contributed by atoms with Gasteiger partial charge in [-0.1, -0.05) is 30.3 Å². The van der Waals surface area contributed by atoms with Crippen molar-refractivity contribution in [2.24, 2.45) is 0 Å². The van der Waals surface area contributed by atoms with Crippen molar-refractivity contribution < 1.29 is 37.4 Å².